The van der Waals surface area contributed by atoms with Crippen LogP contribution in [0.15, 0.2) is 12.1 Å². The van der Waals surface area contributed by atoms with Crippen molar-refractivity contribution in [3.63, 3.8) is 0 Å². The van der Waals surface area contributed by atoms with Gasteiger partial charge in [-0.05, 0) is 31.5 Å². The predicted molar refractivity (Wildman–Crippen MR) is 59.3 cm³/mol. The van der Waals surface area contributed by atoms with Gasteiger partial charge in [-0.25, -0.2) is 0 Å². The molecule has 0 bridgehead atoms. The summed E-state index contributed by atoms with van der Waals surface area (Å²) in [6.07, 6.45) is 2.91. The highest BCUT2D eigenvalue weighted by Crippen LogP contribution is 2.23. The van der Waals surface area contributed by atoms with E-state index >= 15 is 0 Å². The molecule has 1 fully saturated rings. The second kappa shape index (κ2) is 4.43. The van der Waals surface area contributed by atoms with E-state index in [1.165, 1.54) is 17.8 Å². The Kier molecular flexibility index (Phi) is 3.21. The van der Waals surface area contributed by atoms with Crippen LogP contribution in [0.5, 0.6) is 0 Å². The number of rotatable bonds is 3. The second-order valence-corrected chi connectivity index (χ2v) is 5.24. The van der Waals surface area contributed by atoms with E-state index in [4.69, 9.17) is 11.6 Å². The van der Waals surface area contributed by atoms with Gasteiger partial charge in [-0.2, -0.15) is 0 Å². The van der Waals surface area contributed by atoms with Gasteiger partial charge in [0, 0.05) is 12.5 Å². The summed E-state index contributed by atoms with van der Waals surface area (Å²) in [7, 11) is 0. The van der Waals surface area contributed by atoms with Crippen LogP contribution in [0.25, 0.3) is 0 Å². The number of carbonyl (C=O) groups is 1. The number of thiophene rings is 1. The SMILES string of the molecule is O=C(CC1CCCN1)c1ccc(Cl)s1. The number of nitrogens with one attached hydrogen (secondary N) is 1. The van der Waals surface area contributed by atoms with Crippen molar-refractivity contribution in [2.75, 3.05) is 6.54 Å². The first kappa shape index (κ1) is 10.1. The molecule has 1 aliphatic heterocycles. The maximum Gasteiger partial charge on any atom is 0.174 e. The highest BCUT2D eigenvalue weighted by atomic mass is 35.5. The zero-order valence-electron chi connectivity index (χ0n) is 7.75. The Morgan fingerprint density at radius 3 is 3.07 bits per heavy atom. The number of carbonyl (C=O) groups excluding carboxylic acids is 1. The standard InChI is InChI=1S/C10H12ClNOS/c11-10-4-3-9(14-10)8(13)6-7-2-1-5-12-7/h3-4,7,12H,1-2,5-6H2. The third kappa shape index (κ3) is 2.35. The van der Waals surface area contributed by atoms with Crippen LogP contribution in [0.3, 0.4) is 0 Å². The molecule has 0 aromatic carbocycles. The number of ketones is 1. The molecule has 0 aliphatic carbocycles. The Morgan fingerprint density at radius 2 is 2.50 bits per heavy atom. The van der Waals surface area contributed by atoms with Gasteiger partial charge in [-0.1, -0.05) is 11.6 Å². The summed E-state index contributed by atoms with van der Waals surface area (Å²) < 4.78 is 0.688. The summed E-state index contributed by atoms with van der Waals surface area (Å²) in [6, 6.07) is 3.97. The lowest BCUT2D eigenvalue weighted by Crippen LogP contribution is -2.24. The lowest BCUT2D eigenvalue weighted by Gasteiger charge is -2.06. The fourth-order valence-corrected chi connectivity index (χ4v) is 2.71. The van der Waals surface area contributed by atoms with Crippen molar-refractivity contribution in [3.8, 4) is 0 Å². The van der Waals surface area contributed by atoms with Gasteiger partial charge in [0.2, 0.25) is 0 Å². The summed E-state index contributed by atoms with van der Waals surface area (Å²) in [5, 5.41) is 3.31. The average Bonchev–Trinajstić information content (AvgIpc) is 2.75. The van der Waals surface area contributed by atoms with E-state index in [2.05, 4.69) is 5.32 Å². The topological polar surface area (TPSA) is 29.1 Å². The van der Waals surface area contributed by atoms with Crippen LogP contribution in [-0.2, 0) is 0 Å². The van der Waals surface area contributed by atoms with E-state index in [9.17, 15) is 4.79 Å². The molecular weight excluding hydrogens is 218 g/mol. The van der Waals surface area contributed by atoms with E-state index < -0.39 is 0 Å². The molecule has 0 amide bonds. The van der Waals surface area contributed by atoms with Gasteiger partial charge in [-0.3, -0.25) is 4.79 Å². The molecule has 1 aromatic rings. The molecule has 1 aliphatic rings. The van der Waals surface area contributed by atoms with Crippen LogP contribution >= 0.6 is 22.9 Å². The lowest BCUT2D eigenvalue weighted by molar-refractivity contribution is 0.0975. The molecule has 2 heterocycles. The van der Waals surface area contributed by atoms with Gasteiger partial charge < -0.3 is 5.32 Å². The number of halogens is 1. The molecule has 1 N–H and O–H groups in total. The van der Waals surface area contributed by atoms with Crippen molar-refractivity contribution in [1.82, 2.24) is 5.32 Å². The summed E-state index contributed by atoms with van der Waals surface area (Å²) in [5.74, 6) is 0.210. The number of Topliss-reactive ketones (excluding diaryl/α,β-unsaturated/α-hetero) is 1. The number of hydrogen-bond donors (Lipinski definition) is 1. The molecule has 2 rings (SSSR count). The normalized spacial score (nSPS) is 21.4. The van der Waals surface area contributed by atoms with Crippen molar-refractivity contribution in [2.45, 2.75) is 25.3 Å². The minimum absolute atomic E-state index is 0.210. The van der Waals surface area contributed by atoms with Gasteiger partial charge in [0.25, 0.3) is 0 Å². The third-order valence-electron chi connectivity index (χ3n) is 2.44. The van der Waals surface area contributed by atoms with E-state index in [0.717, 1.165) is 17.8 Å². The van der Waals surface area contributed by atoms with E-state index in [1.807, 2.05) is 6.07 Å². The molecule has 2 nitrogen and oxygen atoms in total. The quantitative estimate of drug-likeness (QED) is 0.808. The smallest absolute Gasteiger partial charge is 0.174 e. The Hall–Kier alpha value is -0.380. The third-order valence-corrected chi connectivity index (χ3v) is 3.71. The maximum atomic E-state index is 11.7. The zero-order valence-corrected chi connectivity index (χ0v) is 9.33. The fraction of sp³-hybridized carbons (Fsp3) is 0.500. The Morgan fingerprint density at radius 1 is 1.64 bits per heavy atom. The molecular formula is C10H12ClNOS. The Bertz CT molecular complexity index is 331. The predicted octanol–water partition coefficient (Wildman–Crippen LogP) is 2.73. The highest BCUT2D eigenvalue weighted by Gasteiger charge is 2.19. The molecule has 0 spiro atoms. The first-order chi connectivity index (χ1) is 6.75. The van der Waals surface area contributed by atoms with Crippen LogP contribution < -0.4 is 5.32 Å². The Labute approximate surface area is 92.3 Å². The molecule has 4 heteroatoms. The Balaban J connectivity index is 1.95. The van der Waals surface area contributed by atoms with Gasteiger partial charge in [0.1, 0.15) is 0 Å². The van der Waals surface area contributed by atoms with Crippen molar-refractivity contribution in [2.24, 2.45) is 0 Å². The minimum atomic E-state index is 0.210. The molecule has 0 radical (unpaired) electrons. The molecule has 76 valence electrons. The van der Waals surface area contributed by atoms with Crippen molar-refractivity contribution < 1.29 is 4.79 Å². The van der Waals surface area contributed by atoms with E-state index in [1.54, 1.807) is 6.07 Å². The summed E-state index contributed by atoms with van der Waals surface area (Å²) in [5.41, 5.74) is 0. The maximum absolute atomic E-state index is 11.7. The highest BCUT2D eigenvalue weighted by molar-refractivity contribution is 7.18. The summed E-state index contributed by atoms with van der Waals surface area (Å²) in [4.78, 5) is 12.5. The lowest BCUT2D eigenvalue weighted by atomic mass is 10.1. The molecule has 1 saturated heterocycles. The van der Waals surface area contributed by atoms with Crippen LogP contribution in [0, 0.1) is 0 Å². The van der Waals surface area contributed by atoms with Crippen LogP contribution in [0.4, 0.5) is 0 Å². The summed E-state index contributed by atoms with van der Waals surface area (Å²) in [6.45, 7) is 1.04. The van der Waals surface area contributed by atoms with E-state index in [0.29, 0.717) is 16.8 Å². The number of hydrogen-bond acceptors (Lipinski definition) is 3. The minimum Gasteiger partial charge on any atom is -0.314 e. The van der Waals surface area contributed by atoms with Crippen LogP contribution in [-0.4, -0.2) is 18.4 Å². The van der Waals surface area contributed by atoms with Gasteiger partial charge in [0.05, 0.1) is 9.21 Å². The molecule has 1 atom stereocenters. The van der Waals surface area contributed by atoms with Crippen LogP contribution in [0.1, 0.15) is 28.9 Å². The fourth-order valence-electron chi connectivity index (χ4n) is 1.72. The summed E-state index contributed by atoms with van der Waals surface area (Å²) >= 11 is 7.14. The molecule has 14 heavy (non-hydrogen) atoms. The first-order valence-electron chi connectivity index (χ1n) is 4.77. The molecule has 1 aromatic heterocycles. The largest absolute Gasteiger partial charge is 0.314 e. The van der Waals surface area contributed by atoms with Gasteiger partial charge in [-0.15, -0.1) is 11.3 Å². The molecule has 0 saturated carbocycles. The van der Waals surface area contributed by atoms with Crippen molar-refractivity contribution in [3.05, 3.63) is 21.3 Å². The van der Waals surface area contributed by atoms with Crippen LogP contribution in [0.2, 0.25) is 4.34 Å². The average molecular weight is 230 g/mol. The van der Waals surface area contributed by atoms with Gasteiger partial charge in [0.15, 0.2) is 5.78 Å². The van der Waals surface area contributed by atoms with E-state index in [-0.39, 0.29) is 5.78 Å². The van der Waals surface area contributed by atoms with Crippen molar-refractivity contribution >= 4 is 28.7 Å². The van der Waals surface area contributed by atoms with Crippen molar-refractivity contribution in [1.29, 1.82) is 0 Å². The second-order valence-electron chi connectivity index (χ2n) is 3.52. The first-order valence-corrected chi connectivity index (χ1v) is 5.97. The monoisotopic (exact) mass is 229 g/mol. The zero-order chi connectivity index (χ0) is 9.97. The van der Waals surface area contributed by atoms with Gasteiger partial charge >= 0.3 is 0 Å². The molecule has 1 unspecified atom stereocenters.